The first-order chi connectivity index (χ1) is 16.3. The van der Waals surface area contributed by atoms with Gasteiger partial charge >= 0.3 is 5.97 Å². The van der Waals surface area contributed by atoms with E-state index in [4.69, 9.17) is 4.74 Å². The van der Waals surface area contributed by atoms with Gasteiger partial charge in [-0.3, -0.25) is 4.79 Å². The number of esters is 1. The number of amides is 1. The van der Waals surface area contributed by atoms with Crippen molar-refractivity contribution in [1.82, 2.24) is 9.62 Å². The molecule has 10 heteroatoms. The molecule has 2 aromatic rings. The number of aryl methyl sites for hydroxylation is 1. The van der Waals surface area contributed by atoms with Crippen LogP contribution in [0.1, 0.15) is 66.9 Å². The maximum Gasteiger partial charge on any atom is 0.341 e. The molecule has 2 aliphatic heterocycles. The number of anilines is 1. The minimum absolute atomic E-state index is 0.166. The minimum atomic E-state index is -3.84. The first kappa shape index (κ1) is 25.8. The number of rotatable bonds is 5. The first-order valence-electron chi connectivity index (χ1n) is 11.7. The Bertz CT molecular complexity index is 1260. The van der Waals surface area contributed by atoms with Crippen molar-refractivity contribution < 1.29 is 22.7 Å². The van der Waals surface area contributed by atoms with Crippen LogP contribution in [-0.2, 0) is 31.5 Å². The number of hydrogen-bond acceptors (Lipinski definition) is 7. The number of carbonyl (C=O) groups excluding carboxylic acids is 2. The van der Waals surface area contributed by atoms with Crippen LogP contribution in [0.3, 0.4) is 0 Å². The number of thiophene rings is 1. The molecule has 35 heavy (non-hydrogen) atoms. The second-order valence-corrected chi connectivity index (χ2v) is 13.4. The largest absolute Gasteiger partial charge is 0.465 e. The molecule has 0 saturated carbocycles. The van der Waals surface area contributed by atoms with Crippen molar-refractivity contribution in [2.75, 3.05) is 19.0 Å². The van der Waals surface area contributed by atoms with Crippen molar-refractivity contribution in [2.24, 2.45) is 0 Å². The maximum atomic E-state index is 13.4. The highest BCUT2D eigenvalue weighted by atomic mass is 32.2. The standard InChI is InChI=1S/C25H33N3O5S2/c1-15-9-11-16(12-10-15)35(31,32)28-13-7-8-18(28)21(29)26-22-19(23(30)33-6)17-14-24(2,3)27-25(4,5)20(17)34-22/h9-12,18,27H,7-8,13-14H2,1-6H3,(H,26,29). The molecule has 0 spiro atoms. The zero-order valence-corrected chi connectivity index (χ0v) is 22.7. The van der Waals surface area contributed by atoms with Gasteiger partial charge in [0.15, 0.2) is 0 Å². The summed E-state index contributed by atoms with van der Waals surface area (Å²) in [6, 6.07) is 5.77. The van der Waals surface area contributed by atoms with Gasteiger partial charge in [0.05, 0.1) is 17.6 Å². The van der Waals surface area contributed by atoms with Crippen LogP contribution in [0.25, 0.3) is 0 Å². The van der Waals surface area contributed by atoms with Gasteiger partial charge in [0.2, 0.25) is 15.9 Å². The molecule has 1 fully saturated rings. The Labute approximate surface area is 211 Å². The second kappa shape index (κ2) is 8.99. The lowest BCUT2D eigenvalue weighted by atomic mass is 9.81. The van der Waals surface area contributed by atoms with Crippen LogP contribution in [0.5, 0.6) is 0 Å². The van der Waals surface area contributed by atoms with Gasteiger partial charge in [-0.1, -0.05) is 17.7 Å². The predicted molar refractivity (Wildman–Crippen MR) is 136 cm³/mol. The van der Waals surface area contributed by atoms with E-state index in [0.29, 0.717) is 29.8 Å². The zero-order valence-electron chi connectivity index (χ0n) is 21.0. The molecular weight excluding hydrogens is 486 g/mol. The third kappa shape index (κ3) is 4.76. The van der Waals surface area contributed by atoms with Gasteiger partial charge in [0.25, 0.3) is 0 Å². The molecule has 3 heterocycles. The maximum absolute atomic E-state index is 13.4. The van der Waals surface area contributed by atoms with Crippen LogP contribution < -0.4 is 10.6 Å². The monoisotopic (exact) mass is 519 g/mol. The summed E-state index contributed by atoms with van der Waals surface area (Å²) in [5.74, 6) is -0.950. The molecule has 1 aromatic heterocycles. The van der Waals surface area contributed by atoms with E-state index < -0.39 is 33.5 Å². The fourth-order valence-corrected chi connectivity index (χ4v) is 8.19. The summed E-state index contributed by atoms with van der Waals surface area (Å²) >= 11 is 1.34. The second-order valence-electron chi connectivity index (χ2n) is 10.5. The summed E-state index contributed by atoms with van der Waals surface area (Å²) in [7, 11) is -2.51. The number of sulfonamides is 1. The van der Waals surface area contributed by atoms with E-state index in [-0.39, 0.29) is 17.0 Å². The molecule has 2 N–H and O–H groups in total. The highest BCUT2D eigenvalue weighted by molar-refractivity contribution is 7.89. The Morgan fingerprint density at radius 2 is 1.83 bits per heavy atom. The van der Waals surface area contributed by atoms with E-state index in [0.717, 1.165) is 16.0 Å². The van der Waals surface area contributed by atoms with Crippen molar-refractivity contribution in [1.29, 1.82) is 0 Å². The van der Waals surface area contributed by atoms with Crippen LogP contribution in [-0.4, -0.2) is 49.8 Å². The third-order valence-electron chi connectivity index (χ3n) is 6.60. The summed E-state index contributed by atoms with van der Waals surface area (Å²) in [4.78, 5) is 27.4. The quantitative estimate of drug-likeness (QED) is 0.583. The first-order valence-corrected chi connectivity index (χ1v) is 14.0. The van der Waals surface area contributed by atoms with Crippen LogP contribution in [0.4, 0.5) is 5.00 Å². The van der Waals surface area contributed by atoms with Gasteiger partial charge in [-0.25, -0.2) is 13.2 Å². The number of carbonyl (C=O) groups is 2. The van der Waals surface area contributed by atoms with Crippen molar-refractivity contribution in [3.63, 3.8) is 0 Å². The molecule has 1 atom stereocenters. The van der Waals surface area contributed by atoms with Gasteiger partial charge in [0, 0.05) is 22.5 Å². The summed E-state index contributed by atoms with van der Waals surface area (Å²) < 4.78 is 33.0. The van der Waals surface area contributed by atoms with Gasteiger partial charge < -0.3 is 15.4 Å². The van der Waals surface area contributed by atoms with E-state index in [1.165, 1.54) is 22.8 Å². The molecule has 1 saturated heterocycles. The van der Waals surface area contributed by atoms with Crippen molar-refractivity contribution in [2.45, 2.75) is 75.9 Å². The predicted octanol–water partition coefficient (Wildman–Crippen LogP) is 3.79. The van der Waals surface area contributed by atoms with Crippen LogP contribution in [0.2, 0.25) is 0 Å². The van der Waals surface area contributed by atoms with Crippen molar-refractivity contribution in [3.05, 3.63) is 45.8 Å². The smallest absolute Gasteiger partial charge is 0.341 e. The fraction of sp³-hybridized carbons (Fsp3) is 0.520. The minimum Gasteiger partial charge on any atom is -0.465 e. The molecule has 1 amide bonds. The van der Waals surface area contributed by atoms with Gasteiger partial charge in [-0.15, -0.1) is 11.3 Å². The average Bonchev–Trinajstić information content (AvgIpc) is 3.38. The van der Waals surface area contributed by atoms with Crippen molar-refractivity contribution >= 4 is 38.2 Å². The number of nitrogens with zero attached hydrogens (tertiary/aromatic N) is 1. The van der Waals surface area contributed by atoms with Crippen LogP contribution >= 0.6 is 11.3 Å². The van der Waals surface area contributed by atoms with E-state index in [1.54, 1.807) is 24.3 Å². The van der Waals surface area contributed by atoms with E-state index in [1.807, 2.05) is 20.8 Å². The van der Waals surface area contributed by atoms with Gasteiger partial charge in [0.1, 0.15) is 11.0 Å². The number of hydrogen-bond donors (Lipinski definition) is 2. The van der Waals surface area contributed by atoms with Crippen molar-refractivity contribution in [3.8, 4) is 0 Å². The molecule has 4 rings (SSSR count). The number of benzene rings is 1. The topological polar surface area (TPSA) is 105 Å². The summed E-state index contributed by atoms with van der Waals surface area (Å²) in [5, 5.41) is 6.90. The zero-order chi connectivity index (χ0) is 25.8. The molecule has 8 nitrogen and oxygen atoms in total. The van der Waals surface area contributed by atoms with E-state index in [2.05, 4.69) is 24.5 Å². The molecule has 1 unspecified atom stereocenters. The fourth-order valence-electron chi connectivity index (χ4n) is 5.26. The summed E-state index contributed by atoms with van der Waals surface area (Å²) in [5.41, 5.74) is 1.50. The Hall–Kier alpha value is -2.27. The average molecular weight is 520 g/mol. The number of methoxy groups -OCH3 is 1. The van der Waals surface area contributed by atoms with Gasteiger partial charge in [-0.2, -0.15) is 4.31 Å². The van der Waals surface area contributed by atoms with Crippen LogP contribution in [0.15, 0.2) is 29.2 Å². The third-order valence-corrected chi connectivity index (χ3v) is 10.00. The Morgan fingerprint density at radius 1 is 1.17 bits per heavy atom. The summed E-state index contributed by atoms with van der Waals surface area (Å²) in [6.45, 7) is 10.4. The van der Waals surface area contributed by atoms with Crippen LogP contribution in [0, 0.1) is 6.92 Å². The molecule has 0 aliphatic carbocycles. The number of ether oxygens (including phenoxy) is 1. The molecule has 2 aliphatic rings. The molecule has 1 aromatic carbocycles. The molecule has 0 radical (unpaired) electrons. The number of nitrogens with one attached hydrogen (secondary N) is 2. The normalized spacial score (nSPS) is 21.4. The Balaban J connectivity index is 1.68. The van der Waals surface area contributed by atoms with Gasteiger partial charge in [-0.05, 0) is 71.6 Å². The molecule has 190 valence electrons. The molecule has 0 bridgehead atoms. The summed E-state index contributed by atoms with van der Waals surface area (Å²) in [6.07, 6.45) is 1.59. The lowest BCUT2D eigenvalue weighted by molar-refractivity contribution is -0.119. The highest BCUT2D eigenvalue weighted by Crippen LogP contribution is 2.45. The number of fused-ring (bicyclic) bond motifs is 1. The Kier molecular flexibility index (Phi) is 6.63. The lowest BCUT2D eigenvalue weighted by Gasteiger charge is -2.42. The van der Waals surface area contributed by atoms with E-state index in [9.17, 15) is 18.0 Å². The lowest BCUT2D eigenvalue weighted by Crippen LogP contribution is -2.55. The SMILES string of the molecule is COC(=O)c1c(NC(=O)C2CCCN2S(=O)(=O)c2ccc(C)cc2)sc2c1CC(C)(C)NC2(C)C. The highest BCUT2D eigenvalue weighted by Gasteiger charge is 2.44. The van der Waals surface area contributed by atoms with E-state index >= 15 is 0 Å². The molecular formula is C25H33N3O5S2. The Morgan fingerprint density at radius 3 is 2.46 bits per heavy atom.